The van der Waals surface area contributed by atoms with Crippen LogP contribution >= 0.6 is 23.5 Å². The first-order valence-electron chi connectivity index (χ1n) is 12.6. The van der Waals surface area contributed by atoms with Gasteiger partial charge in [-0.3, -0.25) is 0 Å². The highest BCUT2D eigenvalue weighted by atomic mass is 32.2. The number of phenols is 2. The Labute approximate surface area is 223 Å². The fourth-order valence-electron chi connectivity index (χ4n) is 4.20. The Bertz CT molecular complexity index is 999. The number of thioether (sulfide) groups is 2. The maximum Gasteiger partial charge on any atom is 0.123 e. The first kappa shape index (κ1) is 30.0. The van der Waals surface area contributed by atoms with E-state index in [4.69, 9.17) is 0 Å². The van der Waals surface area contributed by atoms with Gasteiger partial charge in [-0.25, -0.2) is 0 Å². The molecular formula is C31H48O2S2. The highest BCUT2D eigenvalue weighted by Crippen LogP contribution is 2.52. The molecule has 2 N–H and O–H groups in total. The highest BCUT2D eigenvalue weighted by molar-refractivity contribution is 8.18. The third kappa shape index (κ3) is 7.38. The standard InChI is InChI=1S/C31H48O2S2/c1-27(2,3)21-17-20(18-22(25(21)33)28(4,5)6)34-31(13,14)35-26-23(29(7,8)9)15-19(32)16-24(26)30(10,11)12/h15-18,32-33H,1-14H3. The van der Waals surface area contributed by atoms with Crippen molar-refractivity contribution in [3.8, 4) is 11.5 Å². The van der Waals surface area contributed by atoms with Crippen molar-refractivity contribution >= 4 is 23.5 Å². The van der Waals surface area contributed by atoms with E-state index in [2.05, 4.69) is 109 Å². The minimum absolute atomic E-state index is 0.0981. The molecule has 4 heteroatoms. The second kappa shape index (κ2) is 9.56. The van der Waals surface area contributed by atoms with Gasteiger partial charge in [-0.15, -0.1) is 23.5 Å². The number of benzene rings is 2. The summed E-state index contributed by atoms with van der Waals surface area (Å²) in [4.78, 5) is 2.43. The maximum atomic E-state index is 11.2. The van der Waals surface area contributed by atoms with Gasteiger partial charge in [0.05, 0.1) is 4.08 Å². The van der Waals surface area contributed by atoms with Crippen LogP contribution in [-0.4, -0.2) is 14.3 Å². The predicted octanol–water partition coefficient (Wildman–Crippen LogP) is 9.91. The Morgan fingerprint density at radius 2 is 0.829 bits per heavy atom. The summed E-state index contributed by atoms with van der Waals surface area (Å²) < 4.78 is -0.182. The van der Waals surface area contributed by atoms with Crippen LogP contribution in [0.3, 0.4) is 0 Å². The third-order valence-electron chi connectivity index (χ3n) is 6.10. The quantitative estimate of drug-likeness (QED) is 0.313. The molecule has 0 saturated carbocycles. The van der Waals surface area contributed by atoms with E-state index in [1.54, 1.807) is 0 Å². The van der Waals surface area contributed by atoms with Crippen molar-refractivity contribution in [1.29, 1.82) is 0 Å². The van der Waals surface area contributed by atoms with Crippen molar-refractivity contribution < 1.29 is 10.2 Å². The van der Waals surface area contributed by atoms with E-state index in [9.17, 15) is 10.2 Å². The molecule has 0 amide bonds. The zero-order valence-corrected chi connectivity index (χ0v) is 26.2. The van der Waals surface area contributed by atoms with Gasteiger partial charge in [-0.05, 0) is 70.9 Å². The summed E-state index contributed by atoms with van der Waals surface area (Å²) in [5.41, 5.74) is 3.82. The summed E-state index contributed by atoms with van der Waals surface area (Å²) in [7, 11) is 0. The van der Waals surface area contributed by atoms with Gasteiger partial charge in [0.25, 0.3) is 0 Å². The van der Waals surface area contributed by atoms with E-state index in [0.29, 0.717) is 11.5 Å². The molecule has 0 aliphatic heterocycles. The van der Waals surface area contributed by atoms with Gasteiger partial charge in [0.2, 0.25) is 0 Å². The van der Waals surface area contributed by atoms with E-state index >= 15 is 0 Å². The van der Waals surface area contributed by atoms with Crippen LogP contribution in [0.1, 0.15) is 119 Å². The molecule has 2 aromatic carbocycles. The average molecular weight is 517 g/mol. The normalized spacial score (nSPS) is 13.9. The Morgan fingerprint density at radius 3 is 1.14 bits per heavy atom. The summed E-state index contributed by atoms with van der Waals surface area (Å²) in [5.74, 6) is 0.751. The summed E-state index contributed by atoms with van der Waals surface area (Å²) in [5, 5.41) is 21.7. The first-order chi connectivity index (χ1) is 15.4. The molecule has 0 unspecified atom stereocenters. The van der Waals surface area contributed by atoms with Crippen LogP contribution in [0.4, 0.5) is 0 Å². The Morgan fingerprint density at radius 1 is 0.486 bits per heavy atom. The molecule has 0 heterocycles. The predicted molar refractivity (Wildman–Crippen MR) is 157 cm³/mol. The lowest BCUT2D eigenvalue weighted by atomic mass is 9.79. The summed E-state index contributed by atoms with van der Waals surface area (Å²) in [6.07, 6.45) is 0. The number of rotatable bonds is 4. The van der Waals surface area contributed by atoms with Gasteiger partial charge in [0.1, 0.15) is 11.5 Å². The zero-order valence-electron chi connectivity index (χ0n) is 24.5. The van der Waals surface area contributed by atoms with Crippen molar-refractivity contribution in [2.45, 2.75) is 132 Å². The molecule has 0 spiro atoms. The van der Waals surface area contributed by atoms with Gasteiger partial charge in [-0.1, -0.05) is 83.1 Å². The van der Waals surface area contributed by atoms with Crippen LogP contribution in [0.25, 0.3) is 0 Å². The smallest absolute Gasteiger partial charge is 0.123 e. The SMILES string of the molecule is CC(C)(Sc1cc(C(C)(C)C)c(O)c(C(C)(C)C)c1)Sc1c(C(C)(C)C)cc(O)cc1C(C)(C)C. The molecule has 35 heavy (non-hydrogen) atoms. The molecule has 2 rings (SSSR count). The lowest BCUT2D eigenvalue weighted by Gasteiger charge is -2.34. The van der Waals surface area contributed by atoms with E-state index in [-0.39, 0.29) is 25.7 Å². The number of aromatic hydroxyl groups is 2. The van der Waals surface area contributed by atoms with Crippen LogP contribution < -0.4 is 0 Å². The van der Waals surface area contributed by atoms with Crippen LogP contribution in [0.5, 0.6) is 11.5 Å². The fourth-order valence-corrected chi connectivity index (χ4v) is 7.27. The second-order valence-corrected chi connectivity index (χ2v) is 17.9. The largest absolute Gasteiger partial charge is 0.508 e. The van der Waals surface area contributed by atoms with Crippen LogP contribution in [0.2, 0.25) is 0 Å². The second-order valence-electron chi connectivity index (χ2n) is 14.3. The van der Waals surface area contributed by atoms with Crippen molar-refractivity contribution in [3.05, 3.63) is 46.5 Å². The van der Waals surface area contributed by atoms with Crippen LogP contribution in [0.15, 0.2) is 34.1 Å². The zero-order chi connectivity index (χ0) is 27.4. The van der Waals surface area contributed by atoms with Crippen molar-refractivity contribution in [2.24, 2.45) is 0 Å². The molecule has 2 aromatic rings. The van der Waals surface area contributed by atoms with Gasteiger partial charge in [-0.2, -0.15) is 0 Å². The van der Waals surface area contributed by atoms with E-state index in [0.717, 1.165) is 11.1 Å². The van der Waals surface area contributed by atoms with Gasteiger partial charge < -0.3 is 10.2 Å². The molecule has 0 fully saturated rings. The van der Waals surface area contributed by atoms with Gasteiger partial charge in [0.15, 0.2) is 0 Å². The molecule has 0 saturated heterocycles. The Kier molecular flexibility index (Phi) is 8.18. The van der Waals surface area contributed by atoms with Crippen LogP contribution in [0, 0.1) is 0 Å². The number of hydrogen-bond donors (Lipinski definition) is 2. The van der Waals surface area contributed by atoms with Crippen molar-refractivity contribution in [2.75, 3.05) is 0 Å². The number of hydrogen-bond acceptors (Lipinski definition) is 4. The Balaban J connectivity index is 2.66. The lowest BCUT2D eigenvalue weighted by molar-refractivity contribution is 0.422. The maximum absolute atomic E-state index is 11.2. The fraction of sp³-hybridized carbons (Fsp3) is 0.613. The first-order valence-corrected chi connectivity index (χ1v) is 14.2. The van der Waals surface area contributed by atoms with Crippen molar-refractivity contribution in [3.63, 3.8) is 0 Å². The van der Waals surface area contributed by atoms with E-state index < -0.39 is 0 Å². The monoisotopic (exact) mass is 516 g/mol. The minimum atomic E-state index is -0.182. The summed E-state index contributed by atoms with van der Waals surface area (Å²) >= 11 is 3.72. The Hall–Kier alpha value is -1.26. The molecule has 0 atom stereocenters. The highest BCUT2D eigenvalue weighted by Gasteiger charge is 2.33. The van der Waals surface area contributed by atoms with Crippen molar-refractivity contribution in [1.82, 2.24) is 0 Å². The number of phenolic OH excluding ortho intramolecular Hbond substituents is 2. The minimum Gasteiger partial charge on any atom is -0.508 e. The molecule has 0 radical (unpaired) electrons. The van der Waals surface area contributed by atoms with Gasteiger partial charge >= 0.3 is 0 Å². The molecular weight excluding hydrogens is 468 g/mol. The molecule has 0 aliphatic rings. The van der Waals surface area contributed by atoms with E-state index in [1.807, 2.05) is 35.7 Å². The molecule has 0 bridgehead atoms. The molecule has 0 aliphatic carbocycles. The average Bonchev–Trinajstić information content (AvgIpc) is 2.60. The van der Waals surface area contributed by atoms with Crippen LogP contribution in [-0.2, 0) is 21.7 Å². The lowest BCUT2D eigenvalue weighted by Crippen LogP contribution is -2.21. The summed E-state index contributed by atoms with van der Waals surface area (Å²) in [6, 6.07) is 8.22. The molecule has 2 nitrogen and oxygen atoms in total. The molecule has 196 valence electrons. The topological polar surface area (TPSA) is 40.5 Å². The summed E-state index contributed by atoms with van der Waals surface area (Å²) in [6.45, 7) is 30.8. The third-order valence-corrected chi connectivity index (χ3v) is 8.70. The molecule has 0 aromatic heterocycles. The van der Waals surface area contributed by atoms with Gasteiger partial charge in [0, 0.05) is 20.9 Å². The van der Waals surface area contributed by atoms with E-state index in [1.165, 1.54) is 20.9 Å².